The Bertz CT molecular complexity index is 106. The molecule has 0 aromatic heterocycles. The smallest absolute Gasteiger partial charge is 0.160 e. The summed E-state index contributed by atoms with van der Waals surface area (Å²) in [5.41, 5.74) is 0. The number of hydrogen-bond acceptors (Lipinski definition) is 2. The third-order valence-corrected chi connectivity index (χ3v) is 2.33. The first-order chi connectivity index (χ1) is 5.22. The lowest BCUT2D eigenvalue weighted by Gasteiger charge is -2.30. The third kappa shape index (κ3) is 2.46. The predicted molar refractivity (Wildman–Crippen MR) is 44.3 cm³/mol. The van der Waals surface area contributed by atoms with E-state index in [1.807, 2.05) is 0 Å². The molecule has 0 aromatic carbocycles. The van der Waals surface area contributed by atoms with Crippen LogP contribution in [0.15, 0.2) is 0 Å². The monoisotopic (exact) mass is 158 g/mol. The van der Waals surface area contributed by atoms with Crippen LogP contribution in [0.25, 0.3) is 0 Å². The van der Waals surface area contributed by atoms with Gasteiger partial charge in [-0.25, -0.2) is 0 Å². The second-order valence-electron chi connectivity index (χ2n) is 3.57. The summed E-state index contributed by atoms with van der Waals surface area (Å²) in [5.74, 6) is 1.15. The minimum absolute atomic E-state index is 0.0451. The van der Waals surface area contributed by atoms with Crippen molar-refractivity contribution in [2.75, 3.05) is 13.2 Å². The standard InChI is InChI=1S/C9H18O2/c1-7(2)8(3)9-10-5-4-6-11-9/h7-9H,4-6H2,1-3H3. The first kappa shape index (κ1) is 9.01. The third-order valence-electron chi connectivity index (χ3n) is 2.33. The van der Waals surface area contributed by atoms with Gasteiger partial charge >= 0.3 is 0 Å². The van der Waals surface area contributed by atoms with E-state index in [2.05, 4.69) is 20.8 Å². The maximum absolute atomic E-state index is 5.48. The Balaban J connectivity index is 2.32. The van der Waals surface area contributed by atoms with Crippen LogP contribution in [0.4, 0.5) is 0 Å². The Morgan fingerprint density at radius 3 is 2.09 bits per heavy atom. The second-order valence-corrected chi connectivity index (χ2v) is 3.57. The minimum atomic E-state index is 0.0451. The van der Waals surface area contributed by atoms with Crippen molar-refractivity contribution in [3.63, 3.8) is 0 Å². The average molecular weight is 158 g/mol. The predicted octanol–water partition coefficient (Wildman–Crippen LogP) is 2.04. The van der Waals surface area contributed by atoms with Gasteiger partial charge < -0.3 is 9.47 Å². The molecule has 2 nitrogen and oxygen atoms in total. The molecule has 1 unspecified atom stereocenters. The molecule has 0 amide bonds. The van der Waals surface area contributed by atoms with E-state index in [1.165, 1.54) is 0 Å². The fraction of sp³-hybridized carbons (Fsp3) is 1.00. The van der Waals surface area contributed by atoms with Gasteiger partial charge in [-0.1, -0.05) is 20.8 Å². The molecule has 0 spiro atoms. The summed E-state index contributed by atoms with van der Waals surface area (Å²) >= 11 is 0. The van der Waals surface area contributed by atoms with Crippen molar-refractivity contribution in [2.24, 2.45) is 11.8 Å². The molecule has 0 bridgehead atoms. The Morgan fingerprint density at radius 2 is 1.64 bits per heavy atom. The molecule has 1 saturated heterocycles. The maximum Gasteiger partial charge on any atom is 0.160 e. The van der Waals surface area contributed by atoms with E-state index in [0.29, 0.717) is 11.8 Å². The van der Waals surface area contributed by atoms with Crippen molar-refractivity contribution in [3.05, 3.63) is 0 Å². The number of hydrogen-bond donors (Lipinski definition) is 0. The summed E-state index contributed by atoms with van der Waals surface area (Å²) in [6.45, 7) is 8.31. The van der Waals surface area contributed by atoms with Crippen LogP contribution in [0, 0.1) is 11.8 Å². The van der Waals surface area contributed by atoms with Crippen LogP contribution >= 0.6 is 0 Å². The van der Waals surface area contributed by atoms with Crippen LogP contribution in [-0.4, -0.2) is 19.5 Å². The van der Waals surface area contributed by atoms with Gasteiger partial charge in [0.1, 0.15) is 0 Å². The van der Waals surface area contributed by atoms with Crippen molar-refractivity contribution in [1.82, 2.24) is 0 Å². The normalized spacial score (nSPS) is 24.0. The molecule has 1 rings (SSSR count). The molecule has 0 N–H and O–H groups in total. The number of rotatable bonds is 2. The molecule has 1 aliphatic rings. The van der Waals surface area contributed by atoms with Crippen molar-refractivity contribution in [2.45, 2.75) is 33.5 Å². The van der Waals surface area contributed by atoms with Crippen LogP contribution in [0.3, 0.4) is 0 Å². The van der Waals surface area contributed by atoms with Gasteiger partial charge in [-0.05, 0) is 12.3 Å². The molecule has 1 aliphatic heterocycles. The molecule has 2 heteroatoms. The lowest BCUT2D eigenvalue weighted by molar-refractivity contribution is -0.208. The van der Waals surface area contributed by atoms with Crippen LogP contribution in [-0.2, 0) is 9.47 Å². The van der Waals surface area contributed by atoms with Crippen LogP contribution < -0.4 is 0 Å². The lowest BCUT2D eigenvalue weighted by atomic mass is 9.97. The van der Waals surface area contributed by atoms with E-state index in [0.717, 1.165) is 19.6 Å². The molecule has 0 saturated carbocycles. The summed E-state index contributed by atoms with van der Waals surface area (Å²) in [6.07, 6.45) is 1.09. The molecule has 1 fully saturated rings. The van der Waals surface area contributed by atoms with Gasteiger partial charge in [0.05, 0.1) is 13.2 Å². The van der Waals surface area contributed by atoms with Crippen molar-refractivity contribution in [3.8, 4) is 0 Å². The topological polar surface area (TPSA) is 18.5 Å². The summed E-state index contributed by atoms with van der Waals surface area (Å²) in [5, 5.41) is 0. The zero-order valence-corrected chi connectivity index (χ0v) is 7.67. The van der Waals surface area contributed by atoms with Crippen molar-refractivity contribution >= 4 is 0 Å². The van der Waals surface area contributed by atoms with Crippen LogP contribution in [0.1, 0.15) is 27.2 Å². The van der Waals surface area contributed by atoms with Gasteiger partial charge in [0, 0.05) is 5.92 Å². The first-order valence-corrected chi connectivity index (χ1v) is 4.45. The van der Waals surface area contributed by atoms with E-state index in [-0.39, 0.29) is 6.29 Å². The van der Waals surface area contributed by atoms with E-state index < -0.39 is 0 Å². The average Bonchev–Trinajstić information content (AvgIpc) is 2.05. The SMILES string of the molecule is CC(C)C(C)C1OCCCO1. The summed E-state index contributed by atoms with van der Waals surface area (Å²) in [4.78, 5) is 0. The Labute approximate surface area is 68.9 Å². The van der Waals surface area contributed by atoms with Gasteiger partial charge in [-0.2, -0.15) is 0 Å². The zero-order valence-electron chi connectivity index (χ0n) is 7.67. The molecule has 0 aromatic rings. The lowest BCUT2D eigenvalue weighted by Crippen LogP contribution is -2.33. The van der Waals surface area contributed by atoms with Gasteiger partial charge in [0.2, 0.25) is 0 Å². The molecule has 66 valence electrons. The fourth-order valence-electron chi connectivity index (χ4n) is 1.12. The first-order valence-electron chi connectivity index (χ1n) is 4.45. The van der Waals surface area contributed by atoms with Crippen molar-refractivity contribution < 1.29 is 9.47 Å². The highest BCUT2D eigenvalue weighted by molar-refractivity contribution is 4.63. The molecule has 1 atom stereocenters. The molecular formula is C9H18O2. The van der Waals surface area contributed by atoms with E-state index in [9.17, 15) is 0 Å². The molecule has 0 aliphatic carbocycles. The quantitative estimate of drug-likeness (QED) is 0.612. The largest absolute Gasteiger partial charge is 0.352 e. The summed E-state index contributed by atoms with van der Waals surface area (Å²) in [6, 6.07) is 0. The molecule has 11 heavy (non-hydrogen) atoms. The summed E-state index contributed by atoms with van der Waals surface area (Å²) in [7, 11) is 0. The van der Waals surface area contributed by atoms with Gasteiger partial charge in [-0.3, -0.25) is 0 Å². The highest BCUT2D eigenvalue weighted by Crippen LogP contribution is 2.20. The molecular weight excluding hydrogens is 140 g/mol. The van der Waals surface area contributed by atoms with Crippen molar-refractivity contribution in [1.29, 1.82) is 0 Å². The van der Waals surface area contributed by atoms with Crippen LogP contribution in [0.2, 0.25) is 0 Å². The second kappa shape index (κ2) is 4.07. The Kier molecular flexibility index (Phi) is 3.34. The van der Waals surface area contributed by atoms with E-state index >= 15 is 0 Å². The van der Waals surface area contributed by atoms with E-state index in [1.54, 1.807) is 0 Å². The Hall–Kier alpha value is -0.0800. The summed E-state index contributed by atoms with van der Waals surface area (Å²) < 4.78 is 11.0. The van der Waals surface area contributed by atoms with Crippen LogP contribution in [0.5, 0.6) is 0 Å². The van der Waals surface area contributed by atoms with Gasteiger partial charge in [-0.15, -0.1) is 0 Å². The molecule has 1 heterocycles. The highest BCUT2D eigenvalue weighted by Gasteiger charge is 2.23. The van der Waals surface area contributed by atoms with E-state index in [4.69, 9.17) is 9.47 Å². The van der Waals surface area contributed by atoms with Gasteiger partial charge in [0.15, 0.2) is 6.29 Å². The van der Waals surface area contributed by atoms with Gasteiger partial charge in [0.25, 0.3) is 0 Å². The zero-order chi connectivity index (χ0) is 8.27. The molecule has 0 radical (unpaired) electrons. The minimum Gasteiger partial charge on any atom is -0.352 e. The highest BCUT2D eigenvalue weighted by atomic mass is 16.7. The maximum atomic E-state index is 5.48. The Morgan fingerprint density at radius 1 is 1.09 bits per heavy atom. The fourth-order valence-corrected chi connectivity index (χ4v) is 1.12. The number of ether oxygens (including phenoxy) is 2.